The van der Waals surface area contributed by atoms with Crippen molar-refractivity contribution in [3.8, 4) is 5.75 Å². The molecule has 0 bridgehead atoms. The minimum Gasteiger partial charge on any atom is -0.507 e. The molecule has 0 radical (unpaired) electrons. The summed E-state index contributed by atoms with van der Waals surface area (Å²) in [6.07, 6.45) is 4.02. The van der Waals surface area contributed by atoms with Gasteiger partial charge in [-0.1, -0.05) is 24.1 Å². The number of allylic oxidation sites excluding steroid dienone is 2. The van der Waals surface area contributed by atoms with Crippen LogP contribution in [0.25, 0.3) is 6.08 Å². The largest absolute Gasteiger partial charge is 0.507 e. The number of fused-ring (bicyclic) bond motifs is 3. The van der Waals surface area contributed by atoms with Gasteiger partial charge >= 0.3 is 6.09 Å². The van der Waals surface area contributed by atoms with Crippen LogP contribution in [0, 0.1) is 31.6 Å². The fourth-order valence-corrected chi connectivity index (χ4v) is 5.87. The monoisotopic (exact) mass is 467 g/mol. The molecule has 1 aromatic carbocycles. The van der Waals surface area contributed by atoms with E-state index in [4.69, 9.17) is 4.74 Å². The quantitative estimate of drug-likeness (QED) is 0.499. The molecule has 0 unspecified atom stereocenters. The Morgan fingerprint density at radius 2 is 1.88 bits per heavy atom. The molecular weight excluding hydrogens is 434 g/mol. The van der Waals surface area contributed by atoms with E-state index in [2.05, 4.69) is 24.7 Å². The highest BCUT2D eigenvalue weighted by Gasteiger charge is 2.58. The molecule has 0 spiro atoms. The van der Waals surface area contributed by atoms with Crippen LogP contribution in [0.4, 0.5) is 4.79 Å². The molecule has 0 aromatic heterocycles. The van der Waals surface area contributed by atoms with Gasteiger partial charge in [0.05, 0.1) is 31.7 Å². The third-order valence-electron chi connectivity index (χ3n) is 7.52. The predicted molar refractivity (Wildman–Crippen MR) is 127 cm³/mol. The summed E-state index contributed by atoms with van der Waals surface area (Å²) in [4.78, 5) is 38.7. The maximum absolute atomic E-state index is 13.0. The molecule has 7 heteroatoms. The lowest BCUT2D eigenvalue weighted by Crippen LogP contribution is -2.38. The van der Waals surface area contributed by atoms with Crippen LogP contribution in [-0.4, -0.2) is 47.7 Å². The molecule has 2 fully saturated rings. The van der Waals surface area contributed by atoms with E-state index in [0.717, 1.165) is 41.5 Å². The average Bonchev–Trinajstić information content (AvgIpc) is 3.33. The first-order chi connectivity index (χ1) is 16.2. The van der Waals surface area contributed by atoms with Crippen molar-refractivity contribution in [3.63, 3.8) is 0 Å². The summed E-state index contributed by atoms with van der Waals surface area (Å²) in [5.74, 6) is -1.81. The Morgan fingerprint density at radius 3 is 2.50 bits per heavy atom. The number of carbonyl (C=O) groups excluding carboxylic acids is 3. The molecule has 4 rings (SSSR count). The number of aryl methyl sites for hydroxylation is 2. The van der Waals surface area contributed by atoms with Crippen molar-refractivity contribution < 1.29 is 29.0 Å². The molecule has 0 saturated carbocycles. The van der Waals surface area contributed by atoms with Crippen LogP contribution in [0.2, 0.25) is 0 Å². The van der Waals surface area contributed by atoms with Crippen LogP contribution >= 0.6 is 0 Å². The highest BCUT2D eigenvalue weighted by atomic mass is 16.5. The van der Waals surface area contributed by atoms with Crippen LogP contribution in [-0.2, 0) is 19.1 Å². The second-order valence-electron chi connectivity index (χ2n) is 9.69. The third-order valence-corrected chi connectivity index (χ3v) is 7.52. The topological polar surface area (TPSA) is 93.1 Å². The van der Waals surface area contributed by atoms with Gasteiger partial charge in [-0.2, -0.15) is 4.90 Å². The molecule has 2 heterocycles. The molecule has 1 aliphatic carbocycles. The molecule has 3 aliphatic rings. The van der Waals surface area contributed by atoms with Crippen molar-refractivity contribution in [1.82, 2.24) is 4.90 Å². The maximum Gasteiger partial charge on any atom is 0.423 e. The van der Waals surface area contributed by atoms with Gasteiger partial charge in [-0.05, 0) is 80.9 Å². The molecule has 182 valence electrons. The number of methoxy groups -OCH3 is 1. The highest BCUT2D eigenvalue weighted by molar-refractivity contribution is 6.16. The number of phenols is 1. The summed E-state index contributed by atoms with van der Waals surface area (Å²) >= 11 is 0. The number of hydrogen-bond acceptors (Lipinski definition) is 6. The summed E-state index contributed by atoms with van der Waals surface area (Å²) < 4.78 is 10.9. The first-order valence-corrected chi connectivity index (χ1v) is 11.9. The Morgan fingerprint density at radius 1 is 1.21 bits per heavy atom. The van der Waals surface area contributed by atoms with Gasteiger partial charge in [0.15, 0.2) is 0 Å². The van der Waals surface area contributed by atoms with E-state index in [9.17, 15) is 19.5 Å². The lowest BCUT2D eigenvalue weighted by molar-refractivity contribution is -0.137. The standard InChI is InChI=1S/C27H33NO6/c1-6-18-12-19-23(26(31)28(25(19)30)27(32)33-5)20-13-34-21(22(18)20)8-7-14(2)9-17-10-15(3)24(29)16(4)11-17/h9-11,19-21,23,29H,6-8,12-13H2,1-5H3/b14-9+/t19-,20+,21-,23-/m1/s1. The van der Waals surface area contributed by atoms with Gasteiger partial charge < -0.3 is 14.6 Å². The predicted octanol–water partition coefficient (Wildman–Crippen LogP) is 4.69. The van der Waals surface area contributed by atoms with Crippen molar-refractivity contribution in [2.24, 2.45) is 17.8 Å². The minimum atomic E-state index is -0.903. The summed E-state index contributed by atoms with van der Waals surface area (Å²) in [5.41, 5.74) is 6.30. The van der Waals surface area contributed by atoms with Gasteiger partial charge in [-0.3, -0.25) is 9.59 Å². The van der Waals surface area contributed by atoms with Crippen molar-refractivity contribution in [2.45, 2.75) is 59.5 Å². The van der Waals surface area contributed by atoms with Crippen molar-refractivity contribution in [1.29, 1.82) is 0 Å². The van der Waals surface area contributed by atoms with Gasteiger partial charge in [0, 0.05) is 5.92 Å². The van der Waals surface area contributed by atoms with E-state index < -0.39 is 29.7 Å². The van der Waals surface area contributed by atoms with Crippen molar-refractivity contribution in [2.75, 3.05) is 13.7 Å². The summed E-state index contributed by atoms with van der Waals surface area (Å²) in [7, 11) is 1.18. The molecular formula is C27H33NO6. The molecule has 2 saturated heterocycles. The number of aromatic hydroxyl groups is 1. The molecule has 7 nitrogen and oxygen atoms in total. The SMILES string of the molecule is CCC1=C2[C@@H](CC/C(C)=C/c3cc(C)c(O)c(C)c3)OC[C@@H]2[C@@H]2C(=O)N(C(=O)OC)C(=O)[C@@H]2C1. The van der Waals surface area contributed by atoms with E-state index in [1.54, 1.807) is 0 Å². The van der Waals surface area contributed by atoms with Crippen LogP contribution in [0.1, 0.15) is 56.2 Å². The first-order valence-electron chi connectivity index (χ1n) is 11.9. The fraction of sp³-hybridized carbons (Fsp3) is 0.519. The smallest absolute Gasteiger partial charge is 0.423 e. The molecule has 4 atom stereocenters. The minimum absolute atomic E-state index is 0.0948. The zero-order valence-corrected chi connectivity index (χ0v) is 20.5. The maximum atomic E-state index is 13.0. The number of amides is 3. The molecule has 3 amide bonds. The van der Waals surface area contributed by atoms with Crippen molar-refractivity contribution in [3.05, 3.63) is 45.5 Å². The number of hydrogen-bond donors (Lipinski definition) is 1. The second kappa shape index (κ2) is 9.37. The van der Waals surface area contributed by atoms with E-state index >= 15 is 0 Å². The molecule has 2 aliphatic heterocycles. The molecule has 1 aromatic rings. The Hall–Kier alpha value is -2.93. The number of likely N-dealkylation sites (tertiary alicyclic amines) is 1. The van der Waals surface area contributed by atoms with E-state index in [1.165, 1.54) is 18.3 Å². The number of rotatable bonds is 5. The number of phenolic OH excluding ortho intramolecular Hbond substituents is 1. The summed E-state index contributed by atoms with van der Waals surface area (Å²) in [5, 5.41) is 10.0. The van der Waals surface area contributed by atoms with Crippen molar-refractivity contribution >= 4 is 24.0 Å². The van der Waals surface area contributed by atoms with Crippen LogP contribution in [0.5, 0.6) is 5.75 Å². The summed E-state index contributed by atoms with van der Waals surface area (Å²) in [6.45, 7) is 8.33. The summed E-state index contributed by atoms with van der Waals surface area (Å²) in [6, 6.07) is 3.95. The van der Waals surface area contributed by atoms with Crippen LogP contribution < -0.4 is 0 Å². The first kappa shape index (κ1) is 24.2. The Labute approximate surface area is 200 Å². The number of ether oxygens (including phenoxy) is 2. The molecule has 34 heavy (non-hydrogen) atoms. The number of carbonyl (C=O) groups is 3. The molecule has 1 N–H and O–H groups in total. The lowest BCUT2D eigenvalue weighted by Gasteiger charge is -2.31. The zero-order valence-electron chi connectivity index (χ0n) is 20.5. The Kier molecular flexibility index (Phi) is 6.67. The average molecular weight is 468 g/mol. The van der Waals surface area contributed by atoms with Gasteiger partial charge in [-0.25, -0.2) is 4.79 Å². The van der Waals surface area contributed by atoms with Gasteiger partial charge in [0.2, 0.25) is 11.8 Å². The zero-order chi connectivity index (χ0) is 24.7. The number of benzene rings is 1. The van der Waals surface area contributed by atoms with E-state index in [-0.39, 0.29) is 12.0 Å². The van der Waals surface area contributed by atoms with Gasteiger partial charge in [0.25, 0.3) is 0 Å². The van der Waals surface area contributed by atoms with E-state index in [1.807, 2.05) is 26.0 Å². The van der Waals surface area contributed by atoms with Crippen LogP contribution in [0.3, 0.4) is 0 Å². The van der Waals surface area contributed by atoms with Crippen LogP contribution in [0.15, 0.2) is 28.9 Å². The normalized spacial score (nSPS) is 26.7. The highest BCUT2D eigenvalue weighted by Crippen LogP contribution is 2.50. The van der Waals surface area contributed by atoms with Gasteiger partial charge in [0.1, 0.15) is 5.75 Å². The Bertz CT molecular complexity index is 1080. The van der Waals surface area contributed by atoms with E-state index in [0.29, 0.717) is 23.7 Å². The second-order valence-corrected chi connectivity index (χ2v) is 9.69. The number of nitrogens with zero attached hydrogens (tertiary/aromatic N) is 1. The Balaban J connectivity index is 1.52. The lowest BCUT2D eigenvalue weighted by atomic mass is 9.69. The van der Waals surface area contributed by atoms with Gasteiger partial charge in [-0.15, -0.1) is 0 Å². The third kappa shape index (κ3) is 4.06. The number of imide groups is 3. The fourth-order valence-electron chi connectivity index (χ4n) is 5.87.